The number of aromatic amines is 1. The summed E-state index contributed by atoms with van der Waals surface area (Å²) < 4.78 is 17.0. The summed E-state index contributed by atoms with van der Waals surface area (Å²) in [6.45, 7) is 10.3. The van der Waals surface area contributed by atoms with Crippen molar-refractivity contribution in [2.24, 2.45) is 0 Å². The number of methoxy groups -OCH3 is 1. The quantitative estimate of drug-likeness (QED) is 0.667. The van der Waals surface area contributed by atoms with Crippen molar-refractivity contribution in [3.8, 4) is 17.1 Å². The molecule has 1 aliphatic rings. The van der Waals surface area contributed by atoms with Gasteiger partial charge in [0.25, 0.3) is 0 Å². The summed E-state index contributed by atoms with van der Waals surface area (Å²) in [7, 11) is 1.33. The van der Waals surface area contributed by atoms with Crippen LogP contribution in [-0.4, -0.2) is 46.1 Å². The van der Waals surface area contributed by atoms with Crippen molar-refractivity contribution >= 4 is 12.6 Å². The normalized spacial score (nSPS) is 16.7. The Hall–Kier alpha value is -2.71. The third-order valence-electron chi connectivity index (χ3n) is 5.61. The highest BCUT2D eigenvalue weighted by molar-refractivity contribution is 6.62. The van der Waals surface area contributed by atoms with Crippen LogP contribution in [0.4, 0.5) is 0 Å². The van der Waals surface area contributed by atoms with Crippen molar-refractivity contribution in [1.29, 1.82) is 0 Å². The summed E-state index contributed by atoms with van der Waals surface area (Å²) in [4.78, 5) is 0. The molecular formula is C22H29BN4O3. The van der Waals surface area contributed by atoms with Crippen LogP contribution in [0.5, 0.6) is 5.75 Å². The van der Waals surface area contributed by atoms with Gasteiger partial charge in [-0.25, -0.2) is 0 Å². The molecule has 158 valence electrons. The van der Waals surface area contributed by atoms with Gasteiger partial charge in [-0.3, -0.25) is 0 Å². The van der Waals surface area contributed by atoms with Gasteiger partial charge >= 0.3 is 7.12 Å². The molecule has 0 bridgehead atoms. The van der Waals surface area contributed by atoms with Gasteiger partial charge in [0.05, 0.1) is 18.3 Å². The Balaban J connectivity index is 0.000000216. The van der Waals surface area contributed by atoms with Crippen LogP contribution >= 0.6 is 0 Å². The zero-order valence-electron chi connectivity index (χ0n) is 18.5. The molecule has 4 rings (SSSR count). The number of benzene rings is 2. The van der Waals surface area contributed by atoms with Crippen molar-refractivity contribution in [1.82, 2.24) is 20.6 Å². The fourth-order valence-electron chi connectivity index (χ4n) is 2.91. The number of nitrogens with one attached hydrogen (secondary N) is 1. The molecular weight excluding hydrogens is 379 g/mol. The first-order valence-corrected chi connectivity index (χ1v) is 10.1. The largest absolute Gasteiger partial charge is 0.497 e. The Labute approximate surface area is 178 Å². The zero-order valence-corrected chi connectivity index (χ0v) is 18.5. The fourth-order valence-corrected chi connectivity index (χ4v) is 2.91. The standard InChI is InChI=1S/C13H17BN4O2.C9H12O/c1-12(2)13(3,4)20-14(19-12)10-7-5-9(6-8-10)11-15-17-18-16-11;1-3-8-4-6-9(10-2)7-5-8/h5-8H,1-4H3,(H,15,16,17,18);4-7H,3H2,1-2H3. The van der Waals surface area contributed by atoms with Gasteiger partial charge in [-0.05, 0) is 62.5 Å². The van der Waals surface area contributed by atoms with E-state index in [1.165, 1.54) is 5.56 Å². The Bertz CT molecular complexity index is 887. The van der Waals surface area contributed by atoms with Crippen LogP contribution in [-0.2, 0) is 15.7 Å². The number of H-pyrrole nitrogens is 1. The number of aromatic nitrogens is 4. The summed E-state index contributed by atoms with van der Waals surface area (Å²) in [5.41, 5.74) is 2.57. The van der Waals surface area contributed by atoms with Crippen molar-refractivity contribution in [3.05, 3.63) is 54.1 Å². The Kier molecular flexibility index (Phi) is 6.58. The summed E-state index contributed by atoms with van der Waals surface area (Å²) in [6, 6.07) is 15.9. The van der Waals surface area contributed by atoms with E-state index in [0.717, 1.165) is 23.2 Å². The fraction of sp³-hybridized carbons (Fsp3) is 0.409. The lowest BCUT2D eigenvalue weighted by Crippen LogP contribution is -2.41. The van der Waals surface area contributed by atoms with Crippen molar-refractivity contribution < 1.29 is 14.0 Å². The van der Waals surface area contributed by atoms with Crippen LogP contribution in [0.1, 0.15) is 40.2 Å². The van der Waals surface area contributed by atoms with E-state index in [4.69, 9.17) is 14.0 Å². The number of ether oxygens (including phenoxy) is 1. The van der Waals surface area contributed by atoms with Gasteiger partial charge < -0.3 is 14.0 Å². The molecule has 0 unspecified atom stereocenters. The molecule has 1 fully saturated rings. The predicted octanol–water partition coefficient (Wildman–Crippen LogP) is 3.42. The first-order valence-electron chi connectivity index (χ1n) is 10.1. The molecule has 1 saturated heterocycles. The lowest BCUT2D eigenvalue weighted by atomic mass is 9.79. The van der Waals surface area contributed by atoms with Crippen LogP contribution in [0.15, 0.2) is 48.5 Å². The summed E-state index contributed by atoms with van der Waals surface area (Å²) >= 11 is 0. The van der Waals surface area contributed by atoms with Crippen LogP contribution in [0.25, 0.3) is 11.4 Å². The molecule has 0 amide bonds. The highest BCUT2D eigenvalue weighted by Crippen LogP contribution is 2.36. The lowest BCUT2D eigenvalue weighted by Gasteiger charge is -2.32. The first-order chi connectivity index (χ1) is 14.3. The zero-order chi connectivity index (χ0) is 21.8. The molecule has 0 saturated carbocycles. The average molecular weight is 408 g/mol. The van der Waals surface area contributed by atoms with Gasteiger partial charge in [0, 0.05) is 5.56 Å². The van der Waals surface area contributed by atoms with Gasteiger partial charge in [-0.2, -0.15) is 5.21 Å². The maximum absolute atomic E-state index is 6.01. The Morgan fingerprint density at radius 1 is 0.933 bits per heavy atom. The van der Waals surface area contributed by atoms with E-state index in [2.05, 4.69) is 39.7 Å². The second kappa shape index (κ2) is 8.98. The summed E-state index contributed by atoms with van der Waals surface area (Å²) in [6.07, 6.45) is 1.09. The van der Waals surface area contributed by atoms with Gasteiger partial charge in [-0.1, -0.05) is 43.3 Å². The highest BCUT2D eigenvalue weighted by atomic mass is 16.7. The third kappa shape index (κ3) is 4.88. The number of hydrogen-bond donors (Lipinski definition) is 1. The minimum atomic E-state index is -0.348. The van der Waals surface area contributed by atoms with E-state index in [1.807, 2.05) is 64.1 Å². The molecule has 2 aromatic carbocycles. The van der Waals surface area contributed by atoms with E-state index in [0.29, 0.717) is 5.82 Å². The molecule has 1 aromatic heterocycles. The monoisotopic (exact) mass is 408 g/mol. The maximum Gasteiger partial charge on any atom is 0.494 e. The van der Waals surface area contributed by atoms with Gasteiger partial charge in [0.15, 0.2) is 0 Å². The molecule has 7 nitrogen and oxygen atoms in total. The Morgan fingerprint density at radius 3 is 2.00 bits per heavy atom. The predicted molar refractivity (Wildman–Crippen MR) is 118 cm³/mol. The summed E-state index contributed by atoms with van der Waals surface area (Å²) in [5.74, 6) is 1.50. The van der Waals surface area contributed by atoms with Crippen LogP contribution in [0.2, 0.25) is 0 Å². The highest BCUT2D eigenvalue weighted by Gasteiger charge is 2.51. The van der Waals surface area contributed by atoms with E-state index in [-0.39, 0.29) is 18.3 Å². The Morgan fingerprint density at radius 2 is 1.53 bits per heavy atom. The van der Waals surface area contributed by atoms with E-state index in [9.17, 15) is 0 Å². The molecule has 0 aliphatic carbocycles. The lowest BCUT2D eigenvalue weighted by molar-refractivity contribution is 0.00578. The van der Waals surface area contributed by atoms with Crippen LogP contribution < -0.4 is 10.2 Å². The molecule has 0 atom stereocenters. The van der Waals surface area contributed by atoms with Crippen molar-refractivity contribution in [3.63, 3.8) is 0 Å². The first kappa shape index (κ1) is 22.0. The number of hydrogen-bond acceptors (Lipinski definition) is 6. The molecule has 1 N–H and O–H groups in total. The van der Waals surface area contributed by atoms with Crippen LogP contribution in [0.3, 0.4) is 0 Å². The second-order valence-corrected chi connectivity index (χ2v) is 8.15. The topological polar surface area (TPSA) is 82.2 Å². The molecule has 1 aliphatic heterocycles. The minimum absolute atomic E-state index is 0.329. The smallest absolute Gasteiger partial charge is 0.494 e. The van der Waals surface area contributed by atoms with E-state index >= 15 is 0 Å². The molecule has 8 heteroatoms. The van der Waals surface area contributed by atoms with Crippen LogP contribution in [0, 0.1) is 0 Å². The van der Waals surface area contributed by atoms with Crippen molar-refractivity contribution in [2.45, 2.75) is 52.2 Å². The number of nitrogens with zero attached hydrogens (tertiary/aromatic N) is 3. The average Bonchev–Trinajstić information content (AvgIpc) is 3.35. The van der Waals surface area contributed by atoms with Gasteiger partial charge in [0.2, 0.25) is 5.82 Å². The molecule has 3 aromatic rings. The van der Waals surface area contributed by atoms with Gasteiger partial charge in [0.1, 0.15) is 5.75 Å². The molecule has 2 heterocycles. The number of tetrazole rings is 1. The van der Waals surface area contributed by atoms with Gasteiger partial charge in [-0.15, -0.1) is 10.2 Å². The number of rotatable bonds is 4. The number of aryl methyl sites for hydroxylation is 1. The molecule has 0 spiro atoms. The SMILES string of the molecule is CC1(C)OB(c2ccc(-c3nn[nH]n3)cc2)OC1(C)C.CCc1ccc(OC)cc1. The maximum atomic E-state index is 6.01. The van der Waals surface area contributed by atoms with Crippen molar-refractivity contribution in [2.75, 3.05) is 7.11 Å². The van der Waals surface area contributed by atoms with E-state index in [1.54, 1.807) is 7.11 Å². The van der Waals surface area contributed by atoms with E-state index < -0.39 is 0 Å². The minimum Gasteiger partial charge on any atom is -0.497 e. The molecule has 0 radical (unpaired) electrons. The summed E-state index contributed by atoms with van der Waals surface area (Å²) in [5, 5.41) is 13.9. The third-order valence-corrected chi connectivity index (χ3v) is 5.61. The second-order valence-electron chi connectivity index (χ2n) is 8.15. The molecule has 30 heavy (non-hydrogen) atoms.